The van der Waals surface area contributed by atoms with Crippen LogP contribution in [0.15, 0.2) is 48.5 Å². The zero-order valence-electron chi connectivity index (χ0n) is 21.3. The number of nitrogens with zero attached hydrogens (tertiary/aromatic N) is 1. The molecule has 0 bridgehead atoms. The van der Waals surface area contributed by atoms with Crippen molar-refractivity contribution in [3.05, 3.63) is 71.3 Å². The number of ether oxygens (including phenoxy) is 2. The second kappa shape index (κ2) is 16.8. The standard InChI is InChI=1S/C28H38F2N2O4/c1-32(2)20-24(19-27(34)36-21-22-11-6-5-7-12-22)31-26(33)15-8-3-4-9-17-35-18-16-23-13-10-14-25(29)28(23)30/h5-7,10-14,24H,3-4,8-9,15-21H2,1-2H3,(H,31,33)/t24-/m1/s1. The number of hydrogen-bond acceptors (Lipinski definition) is 5. The fourth-order valence-corrected chi connectivity index (χ4v) is 3.77. The summed E-state index contributed by atoms with van der Waals surface area (Å²) in [5.41, 5.74) is 1.24. The highest BCUT2D eigenvalue weighted by molar-refractivity contribution is 5.77. The predicted octanol–water partition coefficient (Wildman–Crippen LogP) is 4.65. The number of hydrogen-bond donors (Lipinski definition) is 1. The maximum atomic E-state index is 13.6. The van der Waals surface area contributed by atoms with Crippen molar-refractivity contribution in [3.8, 4) is 0 Å². The second-order valence-electron chi connectivity index (χ2n) is 9.12. The highest BCUT2D eigenvalue weighted by Crippen LogP contribution is 2.12. The molecule has 0 radical (unpaired) electrons. The van der Waals surface area contributed by atoms with Crippen molar-refractivity contribution in [2.45, 2.75) is 57.6 Å². The molecule has 0 aliphatic heterocycles. The summed E-state index contributed by atoms with van der Waals surface area (Å²) >= 11 is 0. The molecule has 2 rings (SSSR count). The van der Waals surface area contributed by atoms with Crippen LogP contribution in [0.5, 0.6) is 0 Å². The van der Waals surface area contributed by atoms with E-state index >= 15 is 0 Å². The van der Waals surface area contributed by atoms with Crippen LogP contribution in [0.25, 0.3) is 0 Å². The summed E-state index contributed by atoms with van der Waals surface area (Å²) in [5, 5.41) is 2.96. The molecule has 0 saturated carbocycles. The molecule has 0 aliphatic rings. The smallest absolute Gasteiger partial charge is 0.308 e. The lowest BCUT2D eigenvalue weighted by Crippen LogP contribution is -2.43. The molecule has 0 aliphatic carbocycles. The van der Waals surface area contributed by atoms with Gasteiger partial charge in [0.2, 0.25) is 5.91 Å². The highest BCUT2D eigenvalue weighted by atomic mass is 19.2. The minimum absolute atomic E-state index is 0.0777. The molecule has 36 heavy (non-hydrogen) atoms. The number of carbonyl (C=O) groups is 2. The van der Waals surface area contributed by atoms with Gasteiger partial charge in [0, 0.05) is 19.6 Å². The minimum atomic E-state index is -0.840. The summed E-state index contributed by atoms with van der Waals surface area (Å²) in [6.45, 7) is 1.64. The first-order chi connectivity index (χ1) is 17.3. The molecule has 0 heterocycles. The van der Waals surface area contributed by atoms with E-state index in [0.717, 1.165) is 37.3 Å². The van der Waals surface area contributed by atoms with Gasteiger partial charge in [-0.15, -0.1) is 0 Å². The third-order valence-corrected chi connectivity index (χ3v) is 5.60. The first-order valence-electron chi connectivity index (χ1n) is 12.5. The van der Waals surface area contributed by atoms with Crippen molar-refractivity contribution < 1.29 is 27.8 Å². The Bertz CT molecular complexity index is 925. The van der Waals surface area contributed by atoms with E-state index in [1.165, 1.54) is 6.07 Å². The van der Waals surface area contributed by atoms with Crippen LogP contribution in [-0.2, 0) is 32.1 Å². The van der Waals surface area contributed by atoms with E-state index in [1.807, 2.05) is 49.3 Å². The van der Waals surface area contributed by atoms with Gasteiger partial charge in [-0.3, -0.25) is 9.59 Å². The SMILES string of the molecule is CN(C)C[C@@H](CC(=O)OCc1ccccc1)NC(=O)CCCCCCOCCc1cccc(F)c1F. The van der Waals surface area contributed by atoms with Crippen molar-refractivity contribution in [3.63, 3.8) is 0 Å². The molecular formula is C28H38F2N2O4. The first kappa shape index (κ1) is 29.4. The predicted molar refractivity (Wildman–Crippen MR) is 135 cm³/mol. The molecule has 8 heteroatoms. The summed E-state index contributed by atoms with van der Waals surface area (Å²) in [5.74, 6) is -2.07. The summed E-state index contributed by atoms with van der Waals surface area (Å²) in [6, 6.07) is 13.3. The van der Waals surface area contributed by atoms with Crippen molar-refractivity contribution in [2.75, 3.05) is 33.9 Å². The lowest BCUT2D eigenvalue weighted by atomic mass is 10.1. The third-order valence-electron chi connectivity index (χ3n) is 5.60. The van der Waals surface area contributed by atoms with Crippen LogP contribution in [-0.4, -0.2) is 56.7 Å². The topological polar surface area (TPSA) is 67.9 Å². The van der Waals surface area contributed by atoms with Crippen LogP contribution in [0.2, 0.25) is 0 Å². The van der Waals surface area contributed by atoms with E-state index in [-0.39, 0.29) is 30.9 Å². The Hall–Kier alpha value is -2.84. The summed E-state index contributed by atoms with van der Waals surface area (Å²) in [4.78, 5) is 26.6. The Morgan fingerprint density at radius 3 is 2.44 bits per heavy atom. The van der Waals surface area contributed by atoms with E-state index in [1.54, 1.807) is 6.07 Å². The van der Waals surface area contributed by atoms with E-state index in [0.29, 0.717) is 38.2 Å². The second-order valence-corrected chi connectivity index (χ2v) is 9.12. The van der Waals surface area contributed by atoms with Gasteiger partial charge in [0.1, 0.15) is 6.61 Å². The number of rotatable bonds is 17. The normalized spacial score (nSPS) is 11.9. The van der Waals surface area contributed by atoms with Crippen LogP contribution in [0, 0.1) is 11.6 Å². The molecule has 0 aromatic heterocycles. The summed E-state index contributed by atoms with van der Waals surface area (Å²) in [7, 11) is 3.79. The van der Waals surface area contributed by atoms with E-state index in [9.17, 15) is 18.4 Å². The van der Waals surface area contributed by atoms with Crippen LogP contribution < -0.4 is 5.32 Å². The maximum Gasteiger partial charge on any atom is 0.308 e. The van der Waals surface area contributed by atoms with Crippen LogP contribution in [0.3, 0.4) is 0 Å². The number of carbonyl (C=O) groups excluding carboxylic acids is 2. The molecule has 6 nitrogen and oxygen atoms in total. The molecule has 2 aromatic rings. The Labute approximate surface area is 213 Å². The van der Waals surface area contributed by atoms with Crippen molar-refractivity contribution in [1.82, 2.24) is 10.2 Å². The number of esters is 1. The molecule has 0 saturated heterocycles. The quantitative estimate of drug-likeness (QED) is 0.251. The molecule has 0 spiro atoms. The van der Waals surface area contributed by atoms with E-state index in [2.05, 4.69) is 5.32 Å². The third kappa shape index (κ3) is 12.2. The van der Waals surface area contributed by atoms with Gasteiger partial charge in [0.25, 0.3) is 0 Å². The lowest BCUT2D eigenvalue weighted by molar-refractivity contribution is -0.145. The van der Waals surface area contributed by atoms with Gasteiger partial charge in [-0.05, 0) is 50.6 Å². The molecular weight excluding hydrogens is 466 g/mol. The molecule has 1 atom stereocenters. The van der Waals surface area contributed by atoms with E-state index in [4.69, 9.17) is 9.47 Å². The fraction of sp³-hybridized carbons (Fsp3) is 0.500. The summed E-state index contributed by atoms with van der Waals surface area (Å²) < 4.78 is 37.7. The Kier molecular flexibility index (Phi) is 13.7. The van der Waals surface area contributed by atoms with Crippen molar-refractivity contribution >= 4 is 11.9 Å². The molecule has 1 amide bonds. The van der Waals surface area contributed by atoms with E-state index < -0.39 is 11.6 Å². The van der Waals surface area contributed by atoms with Gasteiger partial charge in [-0.2, -0.15) is 0 Å². The number of halogens is 2. The van der Waals surface area contributed by atoms with Crippen molar-refractivity contribution in [1.29, 1.82) is 0 Å². The fourth-order valence-electron chi connectivity index (χ4n) is 3.77. The van der Waals surface area contributed by atoms with Crippen LogP contribution in [0.1, 0.15) is 49.7 Å². The zero-order chi connectivity index (χ0) is 26.2. The number of benzene rings is 2. The first-order valence-corrected chi connectivity index (χ1v) is 12.5. The minimum Gasteiger partial charge on any atom is -0.461 e. The lowest BCUT2D eigenvalue weighted by Gasteiger charge is -2.22. The zero-order valence-corrected chi connectivity index (χ0v) is 21.3. The molecule has 2 aromatic carbocycles. The molecule has 0 unspecified atom stereocenters. The van der Waals surface area contributed by atoms with Crippen LogP contribution in [0.4, 0.5) is 8.78 Å². The Balaban J connectivity index is 1.56. The molecule has 198 valence electrons. The molecule has 1 N–H and O–H groups in total. The number of amides is 1. The maximum absolute atomic E-state index is 13.6. The Morgan fingerprint density at radius 2 is 1.69 bits per heavy atom. The number of nitrogens with one attached hydrogen (secondary N) is 1. The van der Waals surface area contributed by atoms with Gasteiger partial charge >= 0.3 is 5.97 Å². The van der Waals surface area contributed by atoms with Crippen LogP contribution >= 0.6 is 0 Å². The van der Waals surface area contributed by atoms with Gasteiger partial charge in [-0.1, -0.05) is 55.3 Å². The molecule has 0 fully saturated rings. The monoisotopic (exact) mass is 504 g/mol. The average Bonchev–Trinajstić information content (AvgIpc) is 2.84. The van der Waals surface area contributed by atoms with Gasteiger partial charge < -0.3 is 19.7 Å². The number of unbranched alkanes of at least 4 members (excludes halogenated alkanes) is 3. The Morgan fingerprint density at radius 1 is 0.944 bits per heavy atom. The van der Waals surface area contributed by atoms with Gasteiger partial charge in [-0.25, -0.2) is 8.78 Å². The van der Waals surface area contributed by atoms with Gasteiger partial charge in [0.05, 0.1) is 19.1 Å². The number of likely N-dealkylation sites (N-methyl/N-ethyl adjacent to an activating group) is 1. The van der Waals surface area contributed by atoms with Crippen molar-refractivity contribution in [2.24, 2.45) is 0 Å². The summed E-state index contributed by atoms with van der Waals surface area (Å²) in [6.07, 6.45) is 4.21. The average molecular weight is 505 g/mol. The largest absolute Gasteiger partial charge is 0.461 e. The highest BCUT2D eigenvalue weighted by Gasteiger charge is 2.18. The van der Waals surface area contributed by atoms with Gasteiger partial charge in [0.15, 0.2) is 11.6 Å².